The summed E-state index contributed by atoms with van der Waals surface area (Å²) in [5, 5.41) is 1.03. The Morgan fingerprint density at radius 3 is 2.25 bits per heavy atom. The van der Waals surface area contributed by atoms with Gasteiger partial charge in [0, 0.05) is 26.0 Å². The molecule has 0 saturated carbocycles. The molecule has 1 saturated heterocycles. The van der Waals surface area contributed by atoms with Gasteiger partial charge in [-0.3, -0.25) is 0 Å². The van der Waals surface area contributed by atoms with Gasteiger partial charge in [-0.1, -0.05) is 30.3 Å². The molecule has 20 heavy (non-hydrogen) atoms. The summed E-state index contributed by atoms with van der Waals surface area (Å²) in [5.41, 5.74) is 0. The first-order valence-electron chi connectivity index (χ1n) is 7.18. The number of piperidine rings is 1. The van der Waals surface area contributed by atoms with Crippen LogP contribution in [0.15, 0.2) is 30.3 Å². The van der Waals surface area contributed by atoms with E-state index in [9.17, 15) is 0 Å². The monoisotopic (exact) mass is 295 g/mol. The maximum absolute atomic E-state index is 6.16. The molecule has 0 radical (unpaired) electrons. The number of benzene rings is 1. The minimum atomic E-state index is -2.73. The van der Waals surface area contributed by atoms with E-state index in [1.54, 1.807) is 14.2 Å². The number of rotatable bonds is 6. The van der Waals surface area contributed by atoms with Crippen molar-refractivity contribution in [1.29, 1.82) is 0 Å². The number of hydrogen-bond donors (Lipinski definition) is 0. The van der Waals surface area contributed by atoms with Crippen LogP contribution in [0.2, 0.25) is 0 Å². The van der Waals surface area contributed by atoms with Crippen molar-refractivity contribution in [3.05, 3.63) is 30.3 Å². The molecule has 1 heterocycles. The van der Waals surface area contributed by atoms with Crippen molar-refractivity contribution in [1.82, 2.24) is 4.90 Å². The lowest BCUT2D eigenvalue weighted by atomic mass is 9.98. The predicted octanol–water partition coefficient (Wildman–Crippen LogP) is 1.48. The van der Waals surface area contributed by atoms with Gasteiger partial charge in [-0.25, -0.2) is 0 Å². The topological polar surface area (TPSA) is 30.9 Å². The van der Waals surface area contributed by atoms with Crippen molar-refractivity contribution in [2.45, 2.75) is 12.8 Å². The fourth-order valence-electron chi connectivity index (χ4n) is 2.62. The molecule has 4 nitrogen and oxygen atoms in total. The molecule has 0 amide bonds. The fourth-order valence-corrected chi connectivity index (χ4v) is 4.72. The molecular formula is C15H25NO3Si. The number of nitrogens with zero attached hydrogens (tertiary/aromatic N) is 1. The molecule has 2 rings (SSSR count). The van der Waals surface area contributed by atoms with Crippen molar-refractivity contribution in [3.8, 4) is 0 Å². The fraction of sp³-hybridized carbons (Fsp3) is 0.600. The molecule has 0 N–H and O–H groups in total. The van der Waals surface area contributed by atoms with Gasteiger partial charge in [0.2, 0.25) is 0 Å². The van der Waals surface area contributed by atoms with Crippen LogP contribution in [0.1, 0.15) is 12.8 Å². The molecule has 0 unspecified atom stereocenters. The van der Waals surface area contributed by atoms with E-state index in [0.717, 1.165) is 24.9 Å². The van der Waals surface area contributed by atoms with Gasteiger partial charge in [-0.15, -0.1) is 0 Å². The van der Waals surface area contributed by atoms with Gasteiger partial charge >= 0.3 is 8.80 Å². The van der Waals surface area contributed by atoms with E-state index in [4.69, 9.17) is 13.3 Å². The maximum Gasteiger partial charge on any atom is 0.536 e. The Kier molecular flexibility index (Phi) is 5.74. The Hall–Kier alpha value is -0.723. The summed E-state index contributed by atoms with van der Waals surface area (Å²) < 4.78 is 17.5. The minimum Gasteiger partial charge on any atom is -0.373 e. The average molecular weight is 295 g/mol. The highest BCUT2D eigenvalue weighted by atomic mass is 28.4. The van der Waals surface area contributed by atoms with Crippen LogP contribution in [-0.2, 0) is 13.3 Å². The van der Waals surface area contributed by atoms with E-state index >= 15 is 0 Å². The van der Waals surface area contributed by atoms with Crippen LogP contribution in [0.3, 0.4) is 0 Å². The van der Waals surface area contributed by atoms with Gasteiger partial charge < -0.3 is 18.2 Å². The van der Waals surface area contributed by atoms with Crippen LogP contribution >= 0.6 is 0 Å². The Bertz CT molecular complexity index is 389. The second-order valence-corrected chi connectivity index (χ2v) is 8.18. The molecule has 1 aliphatic heterocycles. The number of hydrogen-bond acceptors (Lipinski definition) is 4. The van der Waals surface area contributed by atoms with E-state index in [1.165, 1.54) is 12.8 Å². The second-order valence-electron chi connectivity index (χ2n) is 5.39. The quantitative estimate of drug-likeness (QED) is 0.744. The largest absolute Gasteiger partial charge is 0.536 e. The average Bonchev–Trinajstić information content (AvgIpc) is 2.51. The highest BCUT2D eigenvalue weighted by molar-refractivity contribution is 6.75. The summed E-state index contributed by atoms with van der Waals surface area (Å²) in [4.78, 5) is 2.37. The Labute approximate surface area is 123 Å². The van der Waals surface area contributed by atoms with Crippen LogP contribution in [0, 0.1) is 5.92 Å². The summed E-state index contributed by atoms with van der Waals surface area (Å²) in [5.74, 6) is 0.604. The van der Waals surface area contributed by atoms with Crippen LogP contribution in [0.25, 0.3) is 0 Å². The van der Waals surface area contributed by atoms with Crippen molar-refractivity contribution in [2.75, 3.05) is 41.0 Å². The summed E-state index contributed by atoms with van der Waals surface area (Å²) >= 11 is 0. The molecule has 1 aromatic rings. The molecule has 5 heteroatoms. The van der Waals surface area contributed by atoms with Crippen molar-refractivity contribution >= 4 is 14.0 Å². The maximum atomic E-state index is 6.16. The standard InChI is InChI=1S/C15H25NO3Si/c1-16-11-9-14(10-12-16)13-19-20(17-2,18-3)15-7-5-4-6-8-15/h4-8,14H,9-13H2,1-3H3. The molecule has 0 aliphatic carbocycles. The molecule has 0 spiro atoms. The first-order chi connectivity index (χ1) is 9.70. The lowest BCUT2D eigenvalue weighted by molar-refractivity contribution is 0.0783. The Balaban J connectivity index is 1.99. The third-order valence-corrected chi connectivity index (χ3v) is 6.67. The zero-order chi connectivity index (χ0) is 14.4. The first kappa shape index (κ1) is 15.7. The minimum absolute atomic E-state index is 0.604. The van der Waals surface area contributed by atoms with E-state index in [-0.39, 0.29) is 0 Å². The van der Waals surface area contributed by atoms with Crippen LogP contribution in [0.5, 0.6) is 0 Å². The Morgan fingerprint density at radius 2 is 1.70 bits per heavy atom. The molecular weight excluding hydrogens is 270 g/mol. The van der Waals surface area contributed by atoms with Crippen molar-refractivity contribution in [3.63, 3.8) is 0 Å². The lowest BCUT2D eigenvalue weighted by Crippen LogP contribution is -2.56. The zero-order valence-electron chi connectivity index (χ0n) is 12.7. The van der Waals surface area contributed by atoms with E-state index in [1.807, 2.05) is 30.3 Å². The molecule has 1 fully saturated rings. The SMILES string of the molecule is CO[Si](OC)(OCC1CCN(C)CC1)c1ccccc1. The van der Waals surface area contributed by atoms with E-state index in [2.05, 4.69) is 11.9 Å². The van der Waals surface area contributed by atoms with E-state index in [0.29, 0.717) is 5.92 Å². The van der Waals surface area contributed by atoms with Gasteiger partial charge in [0.15, 0.2) is 0 Å². The molecule has 1 aliphatic rings. The van der Waals surface area contributed by atoms with Crippen molar-refractivity contribution in [2.24, 2.45) is 5.92 Å². The molecule has 0 atom stereocenters. The summed E-state index contributed by atoms with van der Waals surface area (Å²) in [7, 11) is 2.79. The van der Waals surface area contributed by atoms with Crippen LogP contribution < -0.4 is 5.19 Å². The van der Waals surface area contributed by atoms with E-state index < -0.39 is 8.80 Å². The molecule has 1 aromatic carbocycles. The smallest absolute Gasteiger partial charge is 0.373 e. The highest BCUT2D eigenvalue weighted by Crippen LogP contribution is 2.19. The highest BCUT2D eigenvalue weighted by Gasteiger charge is 2.42. The number of likely N-dealkylation sites (tertiary alicyclic amines) is 1. The lowest BCUT2D eigenvalue weighted by Gasteiger charge is -2.32. The molecule has 0 aromatic heterocycles. The Morgan fingerprint density at radius 1 is 1.10 bits per heavy atom. The van der Waals surface area contributed by atoms with Crippen LogP contribution in [-0.4, -0.2) is 54.7 Å². The zero-order valence-corrected chi connectivity index (χ0v) is 13.7. The predicted molar refractivity (Wildman–Crippen MR) is 82.0 cm³/mol. The summed E-state index contributed by atoms with van der Waals surface area (Å²) in [6.07, 6.45) is 2.37. The second kappa shape index (κ2) is 7.33. The summed E-state index contributed by atoms with van der Waals surface area (Å²) in [6.45, 7) is 3.01. The van der Waals surface area contributed by atoms with Crippen LogP contribution in [0.4, 0.5) is 0 Å². The molecule has 0 bridgehead atoms. The third kappa shape index (κ3) is 3.68. The van der Waals surface area contributed by atoms with Gasteiger partial charge in [-0.2, -0.15) is 0 Å². The first-order valence-corrected chi connectivity index (χ1v) is 8.91. The van der Waals surface area contributed by atoms with Gasteiger partial charge in [0.1, 0.15) is 0 Å². The van der Waals surface area contributed by atoms with Gasteiger partial charge in [-0.05, 0) is 38.9 Å². The molecule has 112 valence electrons. The van der Waals surface area contributed by atoms with Gasteiger partial charge in [0.05, 0.1) is 0 Å². The third-order valence-electron chi connectivity index (χ3n) is 4.01. The van der Waals surface area contributed by atoms with Crippen molar-refractivity contribution < 1.29 is 13.3 Å². The van der Waals surface area contributed by atoms with Gasteiger partial charge in [0.25, 0.3) is 0 Å². The normalized spacial score (nSPS) is 18.4. The summed E-state index contributed by atoms with van der Waals surface area (Å²) in [6, 6.07) is 10.0.